The van der Waals surface area contributed by atoms with Gasteiger partial charge in [-0.1, -0.05) is 62.2 Å². The van der Waals surface area contributed by atoms with E-state index < -0.39 is 29.2 Å². The fourth-order valence-electron chi connectivity index (χ4n) is 6.23. The Labute approximate surface area is 220 Å². The van der Waals surface area contributed by atoms with Gasteiger partial charge in [0.05, 0.1) is 17.1 Å². The molecule has 3 N–H and O–H groups in total. The summed E-state index contributed by atoms with van der Waals surface area (Å²) in [5.41, 5.74) is 0.121. The average molecular weight is 533 g/mol. The van der Waals surface area contributed by atoms with E-state index in [1.807, 2.05) is 13.1 Å². The fourth-order valence-corrected chi connectivity index (χ4v) is 6.59. The molecule has 2 aromatic rings. The number of amides is 2. The molecule has 4 unspecified atom stereocenters. The van der Waals surface area contributed by atoms with Crippen LogP contribution in [0.25, 0.3) is 0 Å². The summed E-state index contributed by atoms with van der Waals surface area (Å²) in [5.74, 6) is -1.96. The maximum Gasteiger partial charge on any atom is 0.238 e. The predicted molar refractivity (Wildman–Crippen MR) is 140 cm³/mol. The maximum atomic E-state index is 15.7. The largest absolute Gasteiger partial charge is 0.349 e. The molecule has 2 saturated heterocycles. The first-order chi connectivity index (χ1) is 16.9. The molecule has 1 spiro atoms. The first-order valence-electron chi connectivity index (χ1n) is 12.2. The van der Waals surface area contributed by atoms with Gasteiger partial charge in [0.15, 0.2) is 0 Å². The van der Waals surface area contributed by atoms with Gasteiger partial charge in [0.1, 0.15) is 11.2 Å². The van der Waals surface area contributed by atoms with Crippen LogP contribution in [0.4, 0.5) is 10.1 Å². The predicted octanol–water partition coefficient (Wildman–Crippen LogP) is 4.31. The summed E-state index contributed by atoms with van der Waals surface area (Å²) >= 11 is 12.5. The Balaban J connectivity index is 1.71. The minimum absolute atomic E-state index is 0.00951. The fraction of sp³-hybridized carbons (Fsp3) is 0.481. The molecule has 2 aromatic carbocycles. The van der Waals surface area contributed by atoms with Crippen molar-refractivity contribution in [3.05, 3.63) is 63.4 Å². The lowest BCUT2D eigenvalue weighted by atomic mass is 9.62. The lowest BCUT2D eigenvalue weighted by Gasteiger charge is -2.39. The number of fused-ring (bicyclic) bond motifs is 2. The van der Waals surface area contributed by atoms with Crippen molar-refractivity contribution in [2.24, 2.45) is 5.41 Å². The zero-order valence-corrected chi connectivity index (χ0v) is 22.3. The number of rotatable bonds is 4. The summed E-state index contributed by atoms with van der Waals surface area (Å²) in [6, 6.07) is 8.76. The van der Waals surface area contributed by atoms with E-state index in [-0.39, 0.29) is 33.9 Å². The Kier molecular flexibility index (Phi) is 6.35. The lowest BCUT2D eigenvalue weighted by Crippen LogP contribution is -2.60. The molecule has 5 rings (SSSR count). The van der Waals surface area contributed by atoms with Crippen molar-refractivity contribution in [3.63, 3.8) is 0 Å². The number of halogens is 3. The van der Waals surface area contributed by atoms with Crippen molar-refractivity contribution in [3.8, 4) is 0 Å². The quantitative estimate of drug-likeness (QED) is 0.548. The van der Waals surface area contributed by atoms with Crippen molar-refractivity contribution in [2.45, 2.75) is 56.7 Å². The Morgan fingerprint density at radius 1 is 1.22 bits per heavy atom. The highest BCUT2D eigenvalue weighted by molar-refractivity contribution is 6.31. The molecule has 0 radical (unpaired) electrons. The third-order valence-electron chi connectivity index (χ3n) is 7.63. The third-order valence-corrected chi connectivity index (χ3v) is 8.16. The van der Waals surface area contributed by atoms with Crippen LogP contribution in [0.2, 0.25) is 10.0 Å². The molecule has 0 aromatic heterocycles. The number of carbonyl (C=O) groups is 2. The zero-order chi connectivity index (χ0) is 26.0. The summed E-state index contributed by atoms with van der Waals surface area (Å²) in [6.45, 7) is 7.75. The molecule has 3 aliphatic rings. The molecule has 192 valence electrons. The topological polar surface area (TPSA) is 73.5 Å². The monoisotopic (exact) mass is 532 g/mol. The van der Waals surface area contributed by atoms with E-state index in [1.165, 1.54) is 6.07 Å². The summed E-state index contributed by atoms with van der Waals surface area (Å²) in [6.07, 6.45) is 0.580. The first-order valence-corrected chi connectivity index (χ1v) is 13.0. The molecule has 4 atom stereocenters. The molecule has 36 heavy (non-hydrogen) atoms. The summed E-state index contributed by atoms with van der Waals surface area (Å²) < 4.78 is 15.7. The van der Waals surface area contributed by atoms with Crippen molar-refractivity contribution in [1.29, 1.82) is 0 Å². The molecule has 9 heteroatoms. The minimum Gasteiger partial charge on any atom is -0.349 e. The number of nitrogens with zero attached hydrogens (tertiary/aromatic N) is 1. The Morgan fingerprint density at radius 3 is 2.61 bits per heavy atom. The van der Waals surface area contributed by atoms with Gasteiger partial charge in [-0.15, -0.1) is 0 Å². The Morgan fingerprint density at radius 2 is 1.94 bits per heavy atom. The normalized spacial score (nSPS) is 28.2. The van der Waals surface area contributed by atoms with Gasteiger partial charge in [0, 0.05) is 35.8 Å². The Hall–Kier alpha value is -2.19. The number of hydrogen-bond donors (Lipinski definition) is 3. The van der Waals surface area contributed by atoms with Gasteiger partial charge < -0.3 is 20.9 Å². The highest BCUT2D eigenvalue weighted by Gasteiger charge is 2.66. The van der Waals surface area contributed by atoms with Gasteiger partial charge >= 0.3 is 0 Å². The van der Waals surface area contributed by atoms with E-state index in [0.717, 1.165) is 13.1 Å². The number of carbonyl (C=O) groups excluding carboxylic acids is 2. The van der Waals surface area contributed by atoms with Crippen LogP contribution in [0.1, 0.15) is 44.2 Å². The first kappa shape index (κ1) is 25.5. The number of nitrogens with one attached hydrogen (secondary N) is 3. The third kappa shape index (κ3) is 4.10. The van der Waals surface area contributed by atoms with Crippen LogP contribution < -0.4 is 16.0 Å². The lowest BCUT2D eigenvalue weighted by molar-refractivity contribution is -0.125. The average Bonchev–Trinajstić information content (AvgIpc) is 3.23. The molecule has 2 fully saturated rings. The molecule has 0 aliphatic carbocycles. The van der Waals surface area contributed by atoms with Crippen LogP contribution in [0.15, 0.2) is 36.4 Å². The zero-order valence-electron chi connectivity index (χ0n) is 20.8. The number of likely N-dealkylation sites (tertiary alicyclic amines) is 1. The summed E-state index contributed by atoms with van der Waals surface area (Å²) in [4.78, 5) is 29.9. The highest BCUT2D eigenvalue weighted by Crippen LogP contribution is 2.57. The van der Waals surface area contributed by atoms with Crippen molar-refractivity contribution in [1.82, 2.24) is 15.5 Å². The Bertz CT molecular complexity index is 1230. The van der Waals surface area contributed by atoms with Crippen LogP contribution in [0.5, 0.6) is 0 Å². The van der Waals surface area contributed by atoms with E-state index >= 15 is 4.39 Å². The number of hydrogen-bond acceptors (Lipinski definition) is 4. The van der Waals surface area contributed by atoms with Gasteiger partial charge in [-0.25, -0.2) is 4.39 Å². The van der Waals surface area contributed by atoms with Crippen molar-refractivity contribution < 1.29 is 14.0 Å². The second-order valence-corrected chi connectivity index (χ2v) is 12.4. The van der Waals surface area contributed by atoms with Crippen molar-refractivity contribution >= 4 is 40.7 Å². The molecular formula is C27H31Cl2FN4O2. The highest BCUT2D eigenvalue weighted by atomic mass is 35.5. The van der Waals surface area contributed by atoms with Gasteiger partial charge in [0.25, 0.3) is 0 Å². The van der Waals surface area contributed by atoms with Gasteiger partial charge in [0.2, 0.25) is 11.8 Å². The molecule has 0 saturated carbocycles. The van der Waals surface area contributed by atoms with E-state index in [1.54, 1.807) is 24.3 Å². The summed E-state index contributed by atoms with van der Waals surface area (Å²) in [5, 5.41) is 10.0. The van der Waals surface area contributed by atoms with E-state index in [0.29, 0.717) is 22.7 Å². The standard InChI is InChI=1S/C27H31Cl2FN4O2/c1-26(2,3)11-20-27(17-9-8-14(28)10-19(17)32-25(27)36)21(16-6-5-7-18(29)22(16)30)23(33-20)24(35)31-15-12-34(4)13-15/h5-10,15,20-21,23,33H,11-13H2,1-4H3,(H,31,35)(H,32,36). The van der Waals surface area contributed by atoms with E-state index in [9.17, 15) is 9.59 Å². The number of likely N-dealkylation sites (N-methyl/N-ethyl adjacent to an activating group) is 1. The van der Waals surface area contributed by atoms with Crippen LogP contribution in [-0.4, -0.2) is 55.0 Å². The van der Waals surface area contributed by atoms with Gasteiger partial charge in [-0.05, 0) is 48.2 Å². The molecule has 2 amide bonds. The van der Waals surface area contributed by atoms with Crippen LogP contribution in [0.3, 0.4) is 0 Å². The second-order valence-electron chi connectivity index (χ2n) is 11.5. The molecule has 0 bridgehead atoms. The van der Waals surface area contributed by atoms with Crippen molar-refractivity contribution in [2.75, 3.05) is 25.5 Å². The smallest absolute Gasteiger partial charge is 0.238 e. The molecule has 3 aliphatic heterocycles. The number of benzene rings is 2. The maximum absolute atomic E-state index is 15.7. The molecule has 3 heterocycles. The summed E-state index contributed by atoms with van der Waals surface area (Å²) in [7, 11) is 1.99. The van der Waals surface area contributed by atoms with Crippen LogP contribution in [0, 0.1) is 11.2 Å². The number of anilines is 1. The second kappa shape index (κ2) is 8.98. The van der Waals surface area contributed by atoms with E-state index in [2.05, 4.69) is 41.6 Å². The van der Waals surface area contributed by atoms with Crippen LogP contribution >= 0.6 is 23.2 Å². The molecule has 6 nitrogen and oxygen atoms in total. The minimum atomic E-state index is -1.24. The van der Waals surface area contributed by atoms with E-state index in [4.69, 9.17) is 23.2 Å². The van der Waals surface area contributed by atoms with Gasteiger partial charge in [-0.3, -0.25) is 9.59 Å². The van der Waals surface area contributed by atoms with Gasteiger partial charge in [-0.2, -0.15) is 0 Å². The van der Waals surface area contributed by atoms with Crippen LogP contribution in [-0.2, 0) is 15.0 Å². The molecular weight excluding hydrogens is 502 g/mol. The SMILES string of the molecule is CN1CC(NC(=O)C2NC(CC(C)(C)C)C3(C(=O)Nc4cc(Cl)ccc43)C2c2cccc(Cl)c2F)C1.